The lowest BCUT2D eigenvalue weighted by atomic mass is 10.1. The van der Waals surface area contributed by atoms with Crippen molar-refractivity contribution in [2.45, 2.75) is 0 Å². The number of ether oxygens (including phenoxy) is 1. The third kappa shape index (κ3) is 3.33. The van der Waals surface area contributed by atoms with Crippen LogP contribution >= 0.6 is 22.7 Å². The zero-order valence-electron chi connectivity index (χ0n) is 16.0. The lowest BCUT2D eigenvalue weighted by Gasteiger charge is -2.05. The van der Waals surface area contributed by atoms with E-state index in [1.165, 1.54) is 11.3 Å². The number of furan rings is 1. The van der Waals surface area contributed by atoms with Gasteiger partial charge in [0.2, 0.25) is 0 Å². The molecule has 0 bridgehead atoms. The molecule has 0 aliphatic carbocycles. The minimum Gasteiger partial charge on any atom is -0.493 e. The Bertz CT molecular complexity index is 1460. The standard InChI is InChI=1S/C22H14N2O5S2/c1-28-15-4-2-3-11-8-16(29-19(11)15)13-9-30-21(18(13)22(26)27)24-20(25)12-5-6-17-14(7-12)23-10-31-17/h2-10H,1H3,(H,24,25)(H,26,27). The number of hydrogen-bond donors (Lipinski definition) is 2. The fraction of sp³-hybridized carbons (Fsp3) is 0.0455. The third-order valence-electron chi connectivity index (χ3n) is 4.82. The van der Waals surface area contributed by atoms with Crippen LogP contribution in [0.3, 0.4) is 0 Å². The first-order valence-electron chi connectivity index (χ1n) is 9.11. The highest BCUT2D eigenvalue weighted by Crippen LogP contribution is 2.40. The molecule has 5 rings (SSSR count). The van der Waals surface area contributed by atoms with E-state index in [-0.39, 0.29) is 10.6 Å². The number of thiazole rings is 1. The van der Waals surface area contributed by atoms with Crippen molar-refractivity contribution in [2.75, 3.05) is 12.4 Å². The topological polar surface area (TPSA) is 102 Å². The molecule has 5 aromatic rings. The molecule has 0 saturated carbocycles. The molecular weight excluding hydrogens is 436 g/mol. The molecule has 0 fully saturated rings. The molecule has 0 unspecified atom stereocenters. The second kappa shape index (κ2) is 7.53. The Kier molecular flexibility index (Phi) is 4.68. The number of methoxy groups -OCH3 is 1. The van der Waals surface area contributed by atoms with Gasteiger partial charge in [-0.25, -0.2) is 9.78 Å². The van der Waals surface area contributed by atoms with Crippen molar-refractivity contribution >= 4 is 60.7 Å². The summed E-state index contributed by atoms with van der Waals surface area (Å²) in [6.07, 6.45) is 0. The lowest BCUT2D eigenvalue weighted by molar-refractivity contribution is 0.0699. The molecule has 0 atom stereocenters. The Labute approximate surface area is 183 Å². The van der Waals surface area contributed by atoms with Crippen LogP contribution in [0.5, 0.6) is 5.75 Å². The van der Waals surface area contributed by atoms with Crippen molar-refractivity contribution < 1.29 is 23.8 Å². The number of anilines is 1. The van der Waals surface area contributed by atoms with Crippen LogP contribution in [-0.4, -0.2) is 29.1 Å². The van der Waals surface area contributed by atoms with E-state index in [0.29, 0.717) is 28.2 Å². The van der Waals surface area contributed by atoms with E-state index in [4.69, 9.17) is 9.15 Å². The maximum absolute atomic E-state index is 12.8. The zero-order chi connectivity index (χ0) is 21.5. The van der Waals surface area contributed by atoms with Crippen LogP contribution in [0.1, 0.15) is 20.7 Å². The largest absolute Gasteiger partial charge is 0.493 e. The Hall–Kier alpha value is -3.69. The van der Waals surface area contributed by atoms with Crippen LogP contribution in [0.25, 0.3) is 32.5 Å². The lowest BCUT2D eigenvalue weighted by Crippen LogP contribution is -2.13. The maximum atomic E-state index is 12.8. The van der Waals surface area contributed by atoms with Crippen molar-refractivity contribution in [1.29, 1.82) is 0 Å². The molecule has 31 heavy (non-hydrogen) atoms. The number of amides is 1. The summed E-state index contributed by atoms with van der Waals surface area (Å²) in [4.78, 5) is 29.0. The highest BCUT2D eigenvalue weighted by molar-refractivity contribution is 7.16. The molecular formula is C22H14N2O5S2. The number of benzene rings is 2. The summed E-state index contributed by atoms with van der Waals surface area (Å²) in [6.45, 7) is 0. The van der Waals surface area contributed by atoms with Gasteiger partial charge >= 0.3 is 5.97 Å². The number of carboxylic acids is 1. The van der Waals surface area contributed by atoms with E-state index in [9.17, 15) is 14.7 Å². The molecule has 7 nitrogen and oxygen atoms in total. The van der Waals surface area contributed by atoms with Gasteiger partial charge in [-0.05, 0) is 30.3 Å². The number of aromatic carboxylic acids is 1. The van der Waals surface area contributed by atoms with Crippen LogP contribution in [0.2, 0.25) is 0 Å². The van der Waals surface area contributed by atoms with Gasteiger partial charge < -0.3 is 19.6 Å². The van der Waals surface area contributed by atoms with Gasteiger partial charge in [0, 0.05) is 21.9 Å². The first kappa shape index (κ1) is 19.3. The molecule has 0 aliphatic rings. The van der Waals surface area contributed by atoms with Gasteiger partial charge in [-0.1, -0.05) is 12.1 Å². The van der Waals surface area contributed by atoms with Gasteiger partial charge in [0.15, 0.2) is 11.3 Å². The molecule has 154 valence electrons. The second-order valence-electron chi connectivity index (χ2n) is 6.64. The number of para-hydroxylation sites is 1. The van der Waals surface area contributed by atoms with Crippen molar-refractivity contribution in [3.63, 3.8) is 0 Å². The summed E-state index contributed by atoms with van der Waals surface area (Å²) in [5.74, 6) is -0.620. The maximum Gasteiger partial charge on any atom is 0.339 e. The molecule has 3 heterocycles. The van der Waals surface area contributed by atoms with E-state index < -0.39 is 11.9 Å². The predicted molar refractivity (Wildman–Crippen MR) is 121 cm³/mol. The SMILES string of the molecule is COc1cccc2cc(-c3csc(NC(=O)c4ccc5scnc5c4)c3C(=O)O)oc12. The fourth-order valence-electron chi connectivity index (χ4n) is 3.35. The van der Waals surface area contributed by atoms with Crippen molar-refractivity contribution in [3.8, 4) is 17.1 Å². The highest BCUT2D eigenvalue weighted by atomic mass is 32.1. The van der Waals surface area contributed by atoms with Gasteiger partial charge in [0.25, 0.3) is 5.91 Å². The number of carbonyl (C=O) groups is 2. The molecule has 0 saturated heterocycles. The van der Waals surface area contributed by atoms with E-state index in [0.717, 1.165) is 26.9 Å². The number of fused-ring (bicyclic) bond motifs is 2. The van der Waals surface area contributed by atoms with Crippen LogP contribution in [0.4, 0.5) is 5.00 Å². The van der Waals surface area contributed by atoms with Crippen LogP contribution in [0, 0.1) is 0 Å². The normalized spacial score (nSPS) is 11.1. The fourth-order valence-corrected chi connectivity index (χ4v) is 4.94. The third-order valence-corrected chi connectivity index (χ3v) is 6.52. The number of thiophene rings is 1. The van der Waals surface area contributed by atoms with Gasteiger partial charge in [-0.15, -0.1) is 22.7 Å². The summed E-state index contributed by atoms with van der Waals surface area (Å²) in [5, 5.41) is 15.3. The van der Waals surface area contributed by atoms with Gasteiger partial charge in [0.1, 0.15) is 16.3 Å². The van der Waals surface area contributed by atoms with Crippen LogP contribution in [-0.2, 0) is 0 Å². The summed E-state index contributed by atoms with van der Waals surface area (Å²) >= 11 is 2.62. The van der Waals surface area contributed by atoms with E-state index in [1.807, 2.05) is 18.2 Å². The van der Waals surface area contributed by atoms with Gasteiger partial charge in [0.05, 0.1) is 22.8 Å². The smallest absolute Gasteiger partial charge is 0.339 e. The number of carboxylic acid groups (broad SMARTS) is 1. The van der Waals surface area contributed by atoms with Crippen molar-refractivity contribution in [2.24, 2.45) is 0 Å². The minimum absolute atomic E-state index is 0.0221. The van der Waals surface area contributed by atoms with E-state index in [2.05, 4.69) is 10.3 Å². The number of aromatic nitrogens is 1. The average molecular weight is 450 g/mol. The van der Waals surface area contributed by atoms with Crippen LogP contribution < -0.4 is 10.1 Å². The summed E-state index contributed by atoms with van der Waals surface area (Å²) in [6, 6.07) is 12.4. The van der Waals surface area contributed by atoms with Gasteiger partial charge in [-0.2, -0.15) is 0 Å². The molecule has 0 aliphatic heterocycles. The van der Waals surface area contributed by atoms with Crippen molar-refractivity contribution in [1.82, 2.24) is 4.98 Å². The average Bonchev–Trinajstić information content (AvgIpc) is 3.49. The monoisotopic (exact) mass is 450 g/mol. The molecule has 9 heteroatoms. The highest BCUT2D eigenvalue weighted by Gasteiger charge is 2.24. The van der Waals surface area contributed by atoms with E-state index in [1.54, 1.807) is 42.3 Å². The Morgan fingerprint density at radius 2 is 2.03 bits per heavy atom. The minimum atomic E-state index is -1.16. The molecule has 2 N–H and O–H groups in total. The Balaban J connectivity index is 1.52. The first-order chi connectivity index (χ1) is 15.0. The number of nitrogens with one attached hydrogen (secondary N) is 1. The Morgan fingerprint density at radius 1 is 1.16 bits per heavy atom. The quantitative estimate of drug-likeness (QED) is 0.355. The number of hydrogen-bond acceptors (Lipinski definition) is 7. The zero-order valence-corrected chi connectivity index (χ0v) is 17.7. The molecule has 0 radical (unpaired) electrons. The van der Waals surface area contributed by atoms with Crippen LogP contribution in [0.15, 0.2) is 57.8 Å². The summed E-state index contributed by atoms with van der Waals surface area (Å²) in [5.41, 5.74) is 3.73. The number of nitrogens with zero attached hydrogens (tertiary/aromatic N) is 1. The number of rotatable bonds is 5. The molecule has 1 amide bonds. The Morgan fingerprint density at radius 3 is 2.84 bits per heavy atom. The molecule has 3 aromatic heterocycles. The first-order valence-corrected chi connectivity index (χ1v) is 10.9. The van der Waals surface area contributed by atoms with E-state index >= 15 is 0 Å². The predicted octanol–water partition coefficient (Wildman–Crippen LogP) is 5.73. The number of carbonyl (C=O) groups excluding carboxylic acids is 1. The summed E-state index contributed by atoms with van der Waals surface area (Å²) < 4.78 is 12.2. The molecule has 0 spiro atoms. The summed E-state index contributed by atoms with van der Waals surface area (Å²) in [7, 11) is 1.54. The van der Waals surface area contributed by atoms with Gasteiger partial charge in [-0.3, -0.25) is 4.79 Å². The molecule has 2 aromatic carbocycles. The van der Waals surface area contributed by atoms with Crippen molar-refractivity contribution in [3.05, 3.63) is 64.5 Å². The second-order valence-corrected chi connectivity index (χ2v) is 8.40.